The summed E-state index contributed by atoms with van der Waals surface area (Å²) in [7, 11) is 1.70. The molecule has 1 aromatic rings. The molecule has 0 aromatic heterocycles. The molecule has 0 bridgehead atoms. The Morgan fingerprint density at radius 3 is 2.67 bits per heavy atom. The number of hydrogen-bond acceptors (Lipinski definition) is 3. The Hall–Kier alpha value is -1.55. The number of benzene rings is 1. The van der Waals surface area contributed by atoms with Crippen molar-refractivity contribution in [2.24, 2.45) is 5.41 Å². The van der Waals surface area contributed by atoms with Crippen LogP contribution >= 0.6 is 0 Å². The summed E-state index contributed by atoms with van der Waals surface area (Å²) >= 11 is 0. The van der Waals surface area contributed by atoms with E-state index in [1.54, 1.807) is 7.11 Å². The molecule has 0 heterocycles. The third-order valence-corrected chi connectivity index (χ3v) is 3.45. The molecule has 0 radical (unpaired) electrons. The van der Waals surface area contributed by atoms with Gasteiger partial charge < -0.3 is 15.4 Å². The maximum Gasteiger partial charge on any atom is 0.253 e. The first-order chi connectivity index (χ1) is 10.00. The van der Waals surface area contributed by atoms with Crippen molar-refractivity contribution in [1.29, 1.82) is 0 Å². The molecule has 4 heteroatoms. The van der Waals surface area contributed by atoms with Crippen LogP contribution in [0.25, 0.3) is 0 Å². The smallest absolute Gasteiger partial charge is 0.253 e. The lowest BCUT2D eigenvalue weighted by Crippen LogP contribution is -2.35. The van der Waals surface area contributed by atoms with Gasteiger partial charge in [-0.1, -0.05) is 32.9 Å². The van der Waals surface area contributed by atoms with Crippen LogP contribution in [0.2, 0.25) is 0 Å². The van der Waals surface area contributed by atoms with Crippen molar-refractivity contribution in [1.82, 2.24) is 5.32 Å². The van der Waals surface area contributed by atoms with Gasteiger partial charge in [-0.3, -0.25) is 4.79 Å². The van der Waals surface area contributed by atoms with Crippen molar-refractivity contribution < 1.29 is 9.53 Å². The first kappa shape index (κ1) is 17.5. The second-order valence-corrected chi connectivity index (χ2v) is 6.06. The Morgan fingerprint density at radius 2 is 2.00 bits per heavy atom. The molecule has 0 aliphatic heterocycles. The maximum absolute atomic E-state index is 12.4. The fraction of sp³-hybridized carbons (Fsp3) is 0.588. The van der Waals surface area contributed by atoms with Gasteiger partial charge in [-0.15, -0.1) is 0 Å². The van der Waals surface area contributed by atoms with E-state index in [0.29, 0.717) is 18.7 Å². The standard InChI is InChI=1S/C17H28N2O2/c1-5-11-18-15-9-7-6-8-14(15)16(20)19-13-17(2,3)10-12-21-4/h6-9,18H,5,10-13H2,1-4H3,(H,19,20). The number of anilines is 1. The average Bonchev–Trinajstić information content (AvgIpc) is 2.49. The van der Waals surface area contributed by atoms with E-state index >= 15 is 0 Å². The van der Waals surface area contributed by atoms with Crippen molar-refractivity contribution in [3.8, 4) is 0 Å². The molecule has 4 nitrogen and oxygen atoms in total. The molecule has 21 heavy (non-hydrogen) atoms. The van der Waals surface area contributed by atoms with Gasteiger partial charge >= 0.3 is 0 Å². The van der Waals surface area contributed by atoms with Crippen LogP contribution in [0.4, 0.5) is 5.69 Å². The minimum Gasteiger partial charge on any atom is -0.385 e. The molecule has 1 amide bonds. The van der Waals surface area contributed by atoms with Gasteiger partial charge in [0.1, 0.15) is 0 Å². The number of amides is 1. The average molecular weight is 292 g/mol. The van der Waals surface area contributed by atoms with Crippen LogP contribution in [0, 0.1) is 5.41 Å². The molecule has 0 aliphatic carbocycles. The van der Waals surface area contributed by atoms with Gasteiger partial charge in [-0.05, 0) is 30.4 Å². The van der Waals surface area contributed by atoms with E-state index in [9.17, 15) is 4.79 Å². The van der Waals surface area contributed by atoms with Gasteiger partial charge in [-0.2, -0.15) is 0 Å². The number of rotatable bonds is 9. The summed E-state index contributed by atoms with van der Waals surface area (Å²) in [6.07, 6.45) is 1.94. The van der Waals surface area contributed by atoms with Gasteiger partial charge in [0.05, 0.1) is 5.56 Å². The predicted octanol–water partition coefficient (Wildman–Crippen LogP) is 3.30. The highest BCUT2D eigenvalue weighted by molar-refractivity contribution is 5.99. The first-order valence-electron chi connectivity index (χ1n) is 7.60. The maximum atomic E-state index is 12.4. The van der Waals surface area contributed by atoms with Crippen molar-refractivity contribution in [3.05, 3.63) is 29.8 Å². The topological polar surface area (TPSA) is 50.4 Å². The molecule has 0 fully saturated rings. The first-order valence-corrected chi connectivity index (χ1v) is 7.60. The largest absolute Gasteiger partial charge is 0.385 e. The van der Waals surface area contributed by atoms with E-state index in [-0.39, 0.29) is 11.3 Å². The van der Waals surface area contributed by atoms with Crippen molar-refractivity contribution in [2.75, 3.05) is 32.1 Å². The number of hydrogen-bond donors (Lipinski definition) is 2. The van der Waals surface area contributed by atoms with E-state index in [4.69, 9.17) is 4.74 Å². The van der Waals surface area contributed by atoms with Crippen molar-refractivity contribution in [2.45, 2.75) is 33.6 Å². The third kappa shape index (κ3) is 6.17. The summed E-state index contributed by atoms with van der Waals surface area (Å²) < 4.78 is 5.11. The molecule has 0 unspecified atom stereocenters. The normalized spacial score (nSPS) is 11.2. The molecular formula is C17H28N2O2. The number of carbonyl (C=O) groups excluding carboxylic acids is 1. The Balaban J connectivity index is 2.63. The van der Waals surface area contributed by atoms with Crippen LogP contribution in [-0.2, 0) is 4.74 Å². The van der Waals surface area contributed by atoms with E-state index in [0.717, 1.165) is 25.1 Å². The summed E-state index contributed by atoms with van der Waals surface area (Å²) in [6.45, 7) is 8.58. The predicted molar refractivity (Wildman–Crippen MR) is 87.8 cm³/mol. The Morgan fingerprint density at radius 1 is 1.29 bits per heavy atom. The molecule has 0 saturated heterocycles. The zero-order valence-corrected chi connectivity index (χ0v) is 13.7. The highest BCUT2D eigenvalue weighted by atomic mass is 16.5. The van der Waals surface area contributed by atoms with Crippen molar-refractivity contribution in [3.63, 3.8) is 0 Å². The molecule has 1 aromatic carbocycles. The zero-order chi connectivity index (χ0) is 15.7. The number of carbonyl (C=O) groups is 1. The minimum atomic E-state index is -0.0281. The molecule has 2 N–H and O–H groups in total. The van der Waals surface area contributed by atoms with E-state index in [2.05, 4.69) is 31.4 Å². The van der Waals surface area contributed by atoms with Crippen LogP contribution in [0.15, 0.2) is 24.3 Å². The summed E-state index contributed by atoms with van der Waals surface area (Å²) in [5.74, 6) is -0.0281. The third-order valence-electron chi connectivity index (χ3n) is 3.45. The zero-order valence-electron chi connectivity index (χ0n) is 13.7. The van der Waals surface area contributed by atoms with Gasteiger partial charge in [-0.25, -0.2) is 0 Å². The van der Waals surface area contributed by atoms with E-state index in [1.807, 2.05) is 24.3 Å². The van der Waals surface area contributed by atoms with Crippen LogP contribution < -0.4 is 10.6 Å². The molecule has 118 valence electrons. The van der Waals surface area contributed by atoms with Gasteiger partial charge in [0.25, 0.3) is 5.91 Å². The molecule has 0 aliphatic rings. The lowest BCUT2D eigenvalue weighted by Gasteiger charge is -2.24. The SMILES string of the molecule is CCCNc1ccccc1C(=O)NCC(C)(C)CCOC. The monoisotopic (exact) mass is 292 g/mol. The second-order valence-electron chi connectivity index (χ2n) is 6.06. The highest BCUT2D eigenvalue weighted by Gasteiger charge is 2.19. The van der Waals surface area contributed by atoms with Crippen molar-refractivity contribution >= 4 is 11.6 Å². The molecule has 1 rings (SSSR count). The van der Waals surface area contributed by atoms with Crippen LogP contribution in [0.1, 0.15) is 44.0 Å². The molecule has 0 spiro atoms. The fourth-order valence-electron chi connectivity index (χ4n) is 1.98. The Kier molecular flexibility index (Phi) is 7.23. The van der Waals surface area contributed by atoms with E-state index in [1.165, 1.54) is 0 Å². The lowest BCUT2D eigenvalue weighted by molar-refractivity contribution is 0.0921. The van der Waals surface area contributed by atoms with Gasteiger partial charge in [0, 0.05) is 32.5 Å². The number of methoxy groups -OCH3 is 1. The fourth-order valence-corrected chi connectivity index (χ4v) is 1.98. The second kappa shape index (κ2) is 8.67. The number of nitrogens with one attached hydrogen (secondary N) is 2. The van der Waals surface area contributed by atoms with Crippen LogP contribution in [-0.4, -0.2) is 32.7 Å². The number of para-hydroxylation sites is 1. The quantitative estimate of drug-likeness (QED) is 0.734. The summed E-state index contributed by atoms with van der Waals surface area (Å²) in [5, 5.41) is 6.32. The van der Waals surface area contributed by atoms with Crippen LogP contribution in [0.5, 0.6) is 0 Å². The van der Waals surface area contributed by atoms with Crippen LogP contribution in [0.3, 0.4) is 0 Å². The van der Waals surface area contributed by atoms with Gasteiger partial charge in [0.15, 0.2) is 0 Å². The highest BCUT2D eigenvalue weighted by Crippen LogP contribution is 2.20. The summed E-state index contributed by atoms with van der Waals surface area (Å²) in [4.78, 5) is 12.4. The Labute approximate surface area is 128 Å². The van der Waals surface area contributed by atoms with E-state index < -0.39 is 0 Å². The summed E-state index contributed by atoms with van der Waals surface area (Å²) in [5.41, 5.74) is 1.62. The lowest BCUT2D eigenvalue weighted by atomic mass is 9.89. The summed E-state index contributed by atoms with van der Waals surface area (Å²) in [6, 6.07) is 7.63. The molecule has 0 saturated carbocycles. The molecular weight excluding hydrogens is 264 g/mol. The molecule has 0 atom stereocenters. The van der Waals surface area contributed by atoms with Gasteiger partial charge in [0.2, 0.25) is 0 Å². The Bertz CT molecular complexity index is 444. The number of ether oxygens (including phenoxy) is 1. The minimum absolute atomic E-state index is 0.0253.